The molecule has 0 aliphatic heterocycles. The molecule has 4 aliphatic carbocycles. The van der Waals surface area contributed by atoms with E-state index in [1.807, 2.05) is 0 Å². The van der Waals surface area contributed by atoms with Crippen molar-refractivity contribution in [3.8, 4) is 0 Å². The molecule has 0 bridgehead atoms. The maximum atomic E-state index is 9.86. The smallest absolute Gasteiger partial charge is 0.101 e. The standard InChI is InChI=1S/2C22H43NO.BrH.ClH/c2*1-15(2)19-9-7-17(5)13-21(19)23(11-12-24)22-14-18(6)8-10-20(22)16(3)4;;/h2*15-22,24H,7-14H2,1-6H3;2*1H. The first-order chi connectivity index (χ1) is 22.7. The quantitative estimate of drug-likeness (QED) is 0.243. The molecule has 0 aromatic carbocycles. The van der Waals surface area contributed by atoms with Crippen LogP contribution in [-0.4, -0.2) is 60.7 Å². The van der Waals surface area contributed by atoms with Crippen molar-refractivity contribution in [2.45, 2.75) is 184 Å². The topological polar surface area (TPSA) is 49.3 Å². The van der Waals surface area contributed by atoms with Crippen molar-refractivity contribution in [1.29, 1.82) is 0 Å². The van der Waals surface area contributed by atoms with E-state index in [2.05, 4.69) is 83.1 Å². The third-order valence-electron chi connectivity index (χ3n) is 14.8. The first-order valence-corrected chi connectivity index (χ1v) is 21.6. The highest BCUT2D eigenvalue weighted by Gasteiger charge is 2.46. The van der Waals surface area contributed by atoms with E-state index in [1.54, 1.807) is 9.80 Å². The average Bonchev–Trinajstić information content (AvgIpc) is 3.02. The summed E-state index contributed by atoms with van der Waals surface area (Å²) >= 11 is 0. The fourth-order valence-electron chi connectivity index (χ4n) is 12.1. The van der Waals surface area contributed by atoms with Gasteiger partial charge in [-0.3, -0.25) is 0 Å². The van der Waals surface area contributed by atoms with E-state index in [4.69, 9.17) is 0 Å². The van der Waals surface area contributed by atoms with E-state index in [9.17, 15) is 10.2 Å². The molecule has 0 spiro atoms. The first kappa shape index (κ1) is 48.6. The molecule has 12 atom stereocenters. The van der Waals surface area contributed by atoms with Gasteiger partial charge in [0.05, 0.1) is 37.4 Å². The van der Waals surface area contributed by atoms with Crippen molar-refractivity contribution in [2.24, 2.45) is 71.0 Å². The lowest BCUT2D eigenvalue weighted by Crippen LogP contribution is -3.21. The number of aliphatic hydroxyl groups is 2. The normalized spacial score (nSPS) is 37.8. The van der Waals surface area contributed by atoms with Gasteiger partial charge < -0.3 is 49.4 Å². The Hall–Kier alpha value is 0.610. The molecule has 12 unspecified atom stereocenters. The number of nitrogens with one attached hydrogen (secondary N) is 2. The summed E-state index contributed by atoms with van der Waals surface area (Å²) in [4.78, 5) is 3.54. The molecule has 0 saturated heterocycles. The fourth-order valence-corrected chi connectivity index (χ4v) is 12.1. The summed E-state index contributed by atoms with van der Waals surface area (Å²) in [7, 11) is 0. The van der Waals surface area contributed by atoms with Gasteiger partial charge in [-0.25, -0.2) is 0 Å². The molecule has 0 radical (unpaired) electrons. The van der Waals surface area contributed by atoms with Crippen LogP contribution in [0.3, 0.4) is 0 Å². The van der Waals surface area contributed by atoms with Crippen molar-refractivity contribution in [2.75, 3.05) is 26.3 Å². The molecule has 300 valence electrons. The predicted octanol–water partition coefficient (Wildman–Crippen LogP) is 1.58. The first-order valence-electron chi connectivity index (χ1n) is 21.6. The third kappa shape index (κ3) is 13.4. The Morgan fingerprint density at radius 1 is 0.420 bits per heavy atom. The van der Waals surface area contributed by atoms with Crippen molar-refractivity contribution < 1.29 is 49.4 Å². The molecule has 0 amide bonds. The predicted molar refractivity (Wildman–Crippen MR) is 206 cm³/mol. The van der Waals surface area contributed by atoms with Crippen LogP contribution in [0.25, 0.3) is 0 Å². The summed E-state index contributed by atoms with van der Waals surface area (Å²) in [5.74, 6) is 9.89. The zero-order valence-electron chi connectivity index (χ0n) is 35.2. The minimum atomic E-state index is 0. The maximum absolute atomic E-state index is 9.86. The van der Waals surface area contributed by atoms with E-state index in [1.165, 1.54) is 77.0 Å². The van der Waals surface area contributed by atoms with E-state index in [0.29, 0.717) is 13.2 Å². The van der Waals surface area contributed by atoms with Gasteiger partial charge in [0, 0.05) is 49.4 Å². The van der Waals surface area contributed by atoms with Crippen molar-refractivity contribution in [3.63, 3.8) is 0 Å². The number of quaternary nitrogens is 2. The van der Waals surface area contributed by atoms with Gasteiger partial charge in [0.2, 0.25) is 0 Å². The molecule has 4 saturated carbocycles. The molecule has 50 heavy (non-hydrogen) atoms. The average molecular weight is 793 g/mol. The molecular formula is C44H88BrClN2O2. The lowest BCUT2D eigenvalue weighted by atomic mass is 9.69. The molecule has 4 fully saturated rings. The molecule has 4 nitrogen and oxygen atoms in total. The highest BCUT2D eigenvalue weighted by atomic mass is 79.9. The van der Waals surface area contributed by atoms with Gasteiger partial charge in [0.15, 0.2) is 0 Å². The molecule has 0 aromatic heterocycles. The Kier molecular flexibility index (Phi) is 22.9. The zero-order chi connectivity index (χ0) is 35.7. The summed E-state index contributed by atoms with van der Waals surface area (Å²) in [6.45, 7) is 31.8. The van der Waals surface area contributed by atoms with Crippen molar-refractivity contribution >= 4 is 0 Å². The van der Waals surface area contributed by atoms with Crippen LogP contribution >= 0.6 is 0 Å². The van der Waals surface area contributed by atoms with E-state index in [-0.39, 0.29) is 29.4 Å². The Balaban J connectivity index is 0.000000481. The van der Waals surface area contributed by atoms with Gasteiger partial charge in [0.25, 0.3) is 0 Å². The number of hydrogen-bond donors (Lipinski definition) is 4. The zero-order valence-corrected chi connectivity index (χ0v) is 37.5. The van der Waals surface area contributed by atoms with E-state index in [0.717, 1.165) is 108 Å². The van der Waals surface area contributed by atoms with Gasteiger partial charge in [-0.1, -0.05) is 83.1 Å². The highest BCUT2D eigenvalue weighted by molar-refractivity contribution is 4.87. The maximum Gasteiger partial charge on any atom is 0.101 e. The van der Waals surface area contributed by atoms with Crippen LogP contribution in [0.5, 0.6) is 0 Å². The molecule has 4 aliphatic rings. The molecule has 4 N–H and O–H groups in total. The lowest BCUT2D eigenvalue weighted by Gasteiger charge is -2.48. The largest absolute Gasteiger partial charge is 1.00 e. The van der Waals surface area contributed by atoms with E-state index < -0.39 is 0 Å². The fraction of sp³-hybridized carbons (Fsp3) is 1.00. The van der Waals surface area contributed by atoms with Crippen LogP contribution in [0.4, 0.5) is 0 Å². The van der Waals surface area contributed by atoms with Crippen LogP contribution in [0.1, 0.15) is 160 Å². The van der Waals surface area contributed by atoms with Crippen molar-refractivity contribution in [1.82, 2.24) is 0 Å². The lowest BCUT2D eigenvalue weighted by molar-refractivity contribution is -0.961. The summed E-state index contributed by atoms with van der Waals surface area (Å²) < 4.78 is 0. The summed E-state index contributed by atoms with van der Waals surface area (Å²) in [6.07, 6.45) is 16.7. The highest BCUT2D eigenvalue weighted by Crippen LogP contribution is 2.38. The Labute approximate surface area is 329 Å². The Morgan fingerprint density at radius 3 is 0.780 bits per heavy atom. The summed E-state index contributed by atoms with van der Waals surface area (Å²) in [5.41, 5.74) is 0. The minimum Gasteiger partial charge on any atom is -1.00 e. The molecule has 6 heteroatoms. The van der Waals surface area contributed by atoms with Crippen molar-refractivity contribution in [3.05, 3.63) is 0 Å². The van der Waals surface area contributed by atoms with Crippen LogP contribution in [-0.2, 0) is 0 Å². The summed E-state index contributed by atoms with van der Waals surface area (Å²) in [6, 6.07) is 3.05. The Bertz CT molecular complexity index is 754. The minimum absolute atomic E-state index is 0. The van der Waals surface area contributed by atoms with Crippen LogP contribution in [0.15, 0.2) is 0 Å². The molecular weight excluding hydrogens is 704 g/mol. The van der Waals surface area contributed by atoms with Crippen LogP contribution < -0.4 is 39.2 Å². The number of hydrogen-bond acceptors (Lipinski definition) is 2. The molecule has 0 aromatic rings. The second-order valence-corrected chi connectivity index (χ2v) is 19.8. The van der Waals surface area contributed by atoms with Gasteiger partial charge in [0.1, 0.15) is 13.1 Å². The van der Waals surface area contributed by atoms with Crippen LogP contribution in [0.2, 0.25) is 0 Å². The summed E-state index contributed by atoms with van der Waals surface area (Å²) in [5, 5.41) is 19.7. The van der Waals surface area contributed by atoms with Gasteiger partial charge >= 0.3 is 0 Å². The van der Waals surface area contributed by atoms with E-state index >= 15 is 0 Å². The van der Waals surface area contributed by atoms with Gasteiger partial charge in [-0.15, -0.1) is 0 Å². The SMILES string of the molecule is CC1CCC(C(C)C)C([NH+](CCO)C2CC(C)CCC2C(C)C)C1.CC1CCC(C(C)C)C([NH+](CCO)C2CC(C)CCC2C(C)C)C1.[Br-].[Cl-]. The second-order valence-electron chi connectivity index (χ2n) is 19.8. The third-order valence-corrected chi connectivity index (χ3v) is 14.8. The van der Waals surface area contributed by atoms with Crippen LogP contribution in [0, 0.1) is 71.0 Å². The number of halogens is 2. The van der Waals surface area contributed by atoms with Gasteiger partial charge in [-0.2, -0.15) is 0 Å². The monoisotopic (exact) mass is 791 g/mol. The second kappa shape index (κ2) is 23.5. The molecule has 0 heterocycles. The molecule has 4 rings (SSSR count). The number of rotatable bonds is 12. The number of aliphatic hydroxyl groups excluding tert-OH is 2. The Morgan fingerprint density at radius 2 is 0.620 bits per heavy atom. The van der Waals surface area contributed by atoms with Gasteiger partial charge in [-0.05, 0) is 98.7 Å².